The Balaban J connectivity index is 2.02. The number of carboxylic acid groups (broad SMARTS) is 1. The molecule has 0 saturated carbocycles. The van der Waals surface area contributed by atoms with Gasteiger partial charge in [0.2, 0.25) is 0 Å². The third-order valence-electron chi connectivity index (χ3n) is 6.54. The van der Waals surface area contributed by atoms with E-state index in [9.17, 15) is 20.1 Å². The number of aliphatic hydroxyl groups excluding tert-OH is 3. The number of rotatable bonds is 12. The van der Waals surface area contributed by atoms with E-state index in [1.54, 1.807) is 0 Å². The number of hydrogen-bond donors (Lipinski definition) is 4. The van der Waals surface area contributed by atoms with E-state index in [-0.39, 0.29) is 30.8 Å². The van der Waals surface area contributed by atoms with Crippen molar-refractivity contribution in [3.8, 4) is 0 Å². The van der Waals surface area contributed by atoms with Crippen LogP contribution < -0.4 is 0 Å². The second-order valence-electron chi connectivity index (χ2n) is 9.36. The van der Waals surface area contributed by atoms with Gasteiger partial charge in [-0.1, -0.05) is 45.4 Å². The molecule has 0 heterocycles. The highest BCUT2D eigenvalue weighted by atomic mass is 16.5. The fraction of sp³-hybridized carbons (Fsp3) is 0.792. The quantitative estimate of drug-likeness (QED) is 0.383. The van der Waals surface area contributed by atoms with Crippen molar-refractivity contribution < 1.29 is 30.0 Å². The van der Waals surface area contributed by atoms with E-state index >= 15 is 0 Å². The molecule has 0 bridgehead atoms. The first-order valence-electron chi connectivity index (χ1n) is 11.5. The fourth-order valence-corrected chi connectivity index (χ4v) is 5.00. The molecule has 1 unspecified atom stereocenters. The van der Waals surface area contributed by atoms with Gasteiger partial charge in [-0.15, -0.1) is 0 Å². The molecule has 0 saturated heterocycles. The Kier molecular flexibility index (Phi) is 10.0. The maximum absolute atomic E-state index is 10.7. The summed E-state index contributed by atoms with van der Waals surface area (Å²) in [6, 6.07) is 0. The van der Waals surface area contributed by atoms with Gasteiger partial charge in [-0.3, -0.25) is 4.79 Å². The zero-order chi connectivity index (χ0) is 22.3. The summed E-state index contributed by atoms with van der Waals surface area (Å²) in [6.07, 6.45) is 7.70. The summed E-state index contributed by atoms with van der Waals surface area (Å²) in [5.41, 5.74) is 1.12. The minimum absolute atomic E-state index is 0.0496. The first-order chi connectivity index (χ1) is 14.2. The van der Waals surface area contributed by atoms with Crippen LogP contribution in [0.15, 0.2) is 23.8 Å². The predicted octanol–water partition coefficient (Wildman–Crippen LogP) is 3.30. The molecular weight excluding hydrogens is 384 g/mol. The molecule has 2 aliphatic carbocycles. The van der Waals surface area contributed by atoms with Crippen LogP contribution in [0.3, 0.4) is 0 Å². The van der Waals surface area contributed by atoms with Gasteiger partial charge in [-0.25, -0.2) is 0 Å². The van der Waals surface area contributed by atoms with Gasteiger partial charge in [0.15, 0.2) is 0 Å². The van der Waals surface area contributed by atoms with Crippen LogP contribution in [-0.2, 0) is 9.53 Å². The van der Waals surface area contributed by atoms with E-state index in [2.05, 4.69) is 32.9 Å². The fourth-order valence-electron chi connectivity index (χ4n) is 5.00. The summed E-state index contributed by atoms with van der Waals surface area (Å²) in [6.45, 7) is 7.22. The summed E-state index contributed by atoms with van der Waals surface area (Å²) in [4.78, 5) is 10.7. The molecule has 6 nitrogen and oxygen atoms in total. The monoisotopic (exact) mass is 424 g/mol. The summed E-state index contributed by atoms with van der Waals surface area (Å²) in [5, 5.41) is 39.2. The van der Waals surface area contributed by atoms with Crippen molar-refractivity contribution in [2.45, 2.75) is 90.1 Å². The highest BCUT2D eigenvalue weighted by Crippen LogP contribution is 2.44. The molecule has 0 amide bonds. The molecule has 0 aromatic rings. The van der Waals surface area contributed by atoms with E-state index < -0.39 is 24.3 Å². The van der Waals surface area contributed by atoms with Crippen LogP contribution in [0.1, 0.15) is 65.7 Å². The maximum Gasteiger partial charge on any atom is 0.305 e. The van der Waals surface area contributed by atoms with Crippen LogP contribution in [0.4, 0.5) is 0 Å². The molecule has 8 atom stereocenters. The van der Waals surface area contributed by atoms with E-state index in [0.29, 0.717) is 31.3 Å². The van der Waals surface area contributed by atoms with Gasteiger partial charge in [-0.05, 0) is 49.0 Å². The number of carbonyl (C=O) groups is 1. The summed E-state index contributed by atoms with van der Waals surface area (Å²) >= 11 is 0. The van der Waals surface area contributed by atoms with E-state index in [4.69, 9.17) is 9.84 Å². The van der Waals surface area contributed by atoms with Crippen molar-refractivity contribution in [3.05, 3.63) is 23.8 Å². The predicted molar refractivity (Wildman–Crippen MR) is 116 cm³/mol. The lowest BCUT2D eigenvalue weighted by Crippen LogP contribution is -2.42. The number of ether oxygens (including phenoxy) is 1. The normalized spacial score (nSPS) is 31.5. The van der Waals surface area contributed by atoms with E-state index in [0.717, 1.165) is 24.8 Å². The molecule has 2 aliphatic rings. The Labute approximate surface area is 180 Å². The summed E-state index contributed by atoms with van der Waals surface area (Å²) in [5.74, 6) is 0.185. The number of aliphatic carboxylic acids is 1. The third-order valence-corrected chi connectivity index (χ3v) is 6.54. The van der Waals surface area contributed by atoms with Crippen LogP contribution in [0, 0.1) is 23.7 Å². The standard InChI is InChI=1S/C24H40O6/c1-4-5-15(2)14-30-22-12-19(26)10-17-7-6-16(3)21(24(17)22)9-8-18(25)11-20(27)13-23(28)29/h6-7,10,15-16,18-22,24-27H,4-5,8-9,11-14H2,1-3H3,(H,28,29)/t15?,16-,18-,19-,20-,21+,22+,24+/m1/s1. The van der Waals surface area contributed by atoms with Gasteiger partial charge >= 0.3 is 5.97 Å². The van der Waals surface area contributed by atoms with Crippen molar-refractivity contribution in [3.63, 3.8) is 0 Å². The Morgan fingerprint density at radius 2 is 2.00 bits per heavy atom. The lowest BCUT2D eigenvalue weighted by Gasteiger charge is -2.43. The van der Waals surface area contributed by atoms with Crippen LogP contribution in [0.2, 0.25) is 0 Å². The van der Waals surface area contributed by atoms with Crippen LogP contribution >= 0.6 is 0 Å². The molecule has 4 N–H and O–H groups in total. The number of aliphatic hydroxyl groups is 3. The third kappa shape index (κ3) is 7.49. The van der Waals surface area contributed by atoms with Crippen molar-refractivity contribution in [1.82, 2.24) is 0 Å². The molecule has 0 aromatic heterocycles. The summed E-state index contributed by atoms with van der Waals surface area (Å²) < 4.78 is 6.33. The molecule has 2 rings (SSSR count). The zero-order valence-corrected chi connectivity index (χ0v) is 18.6. The van der Waals surface area contributed by atoms with Crippen LogP contribution in [-0.4, -0.2) is 57.4 Å². The minimum Gasteiger partial charge on any atom is -0.481 e. The molecule has 0 radical (unpaired) electrons. The average molecular weight is 425 g/mol. The van der Waals surface area contributed by atoms with Gasteiger partial charge in [-0.2, -0.15) is 0 Å². The molecule has 0 fully saturated rings. The number of allylic oxidation sites excluding steroid dienone is 2. The van der Waals surface area contributed by atoms with Crippen LogP contribution in [0.25, 0.3) is 0 Å². The maximum atomic E-state index is 10.7. The lowest BCUT2D eigenvalue weighted by molar-refractivity contribution is -0.139. The molecule has 0 spiro atoms. The SMILES string of the molecule is CCCC(C)CO[C@H]1C[C@H](O)C=C2C=C[C@@H](C)[C@H](CC[C@@H](O)C[C@@H](O)CC(=O)O)[C@H]21. The smallest absolute Gasteiger partial charge is 0.305 e. The molecule has 6 heteroatoms. The van der Waals surface area contributed by atoms with Crippen molar-refractivity contribution >= 4 is 5.97 Å². The Hall–Kier alpha value is -1.21. The second-order valence-corrected chi connectivity index (χ2v) is 9.36. The number of carboxylic acids is 1. The van der Waals surface area contributed by atoms with Gasteiger partial charge in [0, 0.05) is 18.9 Å². The van der Waals surface area contributed by atoms with Crippen molar-refractivity contribution in [2.75, 3.05) is 6.61 Å². The molecular formula is C24H40O6. The molecule has 30 heavy (non-hydrogen) atoms. The average Bonchev–Trinajstić information content (AvgIpc) is 2.65. The van der Waals surface area contributed by atoms with Crippen molar-refractivity contribution in [1.29, 1.82) is 0 Å². The minimum atomic E-state index is -1.06. The van der Waals surface area contributed by atoms with E-state index in [1.165, 1.54) is 0 Å². The van der Waals surface area contributed by atoms with Gasteiger partial charge in [0.1, 0.15) is 0 Å². The highest BCUT2D eigenvalue weighted by molar-refractivity contribution is 5.67. The zero-order valence-electron chi connectivity index (χ0n) is 18.6. The van der Waals surface area contributed by atoms with Crippen LogP contribution in [0.5, 0.6) is 0 Å². The van der Waals surface area contributed by atoms with Gasteiger partial charge in [0.25, 0.3) is 0 Å². The highest BCUT2D eigenvalue weighted by Gasteiger charge is 2.40. The van der Waals surface area contributed by atoms with E-state index in [1.807, 2.05) is 6.08 Å². The molecule has 0 aromatic carbocycles. The Morgan fingerprint density at radius 1 is 1.27 bits per heavy atom. The number of fused-ring (bicyclic) bond motifs is 1. The number of hydrogen-bond acceptors (Lipinski definition) is 5. The summed E-state index contributed by atoms with van der Waals surface area (Å²) in [7, 11) is 0. The first kappa shape index (κ1) is 25.1. The largest absolute Gasteiger partial charge is 0.481 e. The molecule has 0 aliphatic heterocycles. The lowest BCUT2D eigenvalue weighted by atomic mass is 9.66. The Bertz CT molecular complexity index is 601. The van der Waals surface area contributed by atoms with Gasteiger partial charge in [0.05, 0.1) is 30.8 Å². The molecule has 172 valence electrons. The van der Waals surface area contributed by atoms with Crippen molar-refractivity contribution in [2.24, 2.45) is 23.7 Å². The second kappa shape index (κ2) is 12.0. The Morgan fingerprint density at radius 3 is 2.67 bits per heavy atom. The van der Waals surface area contributed by atoms with Gasteiger partial charge < -0.3 is 25.2 Å². The first-order valence-corrected chi connectivity index (χ1v) is 11.5. The topological polar surface area (TPSA) is 107 Å².